The van der Waals surface area contributed by atoms with E-state index in [0.29, 0.717) is 33.9 Å². The predicted octanol–water partition coefficient (Wildman–Crippen LogP) is 4.21. The maximum atomic E-state index is 12.2. The summed E-state index contributed by atoms with van der Waals surface area (Å²) in [6, 6.07) is 10.8. The normalized spacial score (nSPS) is 14.7. The van der Waals surface area contributed by atoms with Crippen LogP contribution in [-0.2, 0) is 9.53 Å². The van der Waals surface area contributed by atoms with E-state index in [9.17, 15) is 4.79 Å². The maximum Gasteiger partial charge on any atom is 0.363 e. The molecule has 140 valence electrons. The first-order valence-electron chi connectivity index (χ1n) is 8.23. The number of carbonyl (C=O) groups is 1. The van der Waals surface area contributed by atoms with Gasteiger partial charge in [0, 0.05) is 5.56 Å². The third-order valence-electron chi connectivity index (χ3n) is 3.78. The second-order valence-corrected chi connectivity index (χ2v) is 6.39. The summed E-state index contributed by atoms with van der Waals surface area (Å²) in [6.45, 7) is 2.38. The third-order valence-corrected chi connectivity index (χ3v) is 4.37. The fourth-order valence-electron chi connectivity index (χ4n) is 2.58. The second kappa shape index (κ2) is 8.26. The Morgan fingerprint density at radius 2 is 2.00 bits per heavy atom. The van der Waals surface area contributed by atoms with Crippen molar-refractivity contribution >= 4 is 33.9 Å². The second-order valence-electron chi connectivity index (χ2n) is 5.54. The highest BCUT2D eigenvalue weighted by atomic mass is 79.9. The molecule has 0 saturated heterocycles. The highest BCUT2D eigenvalue weighted by molar-refractivity contribution is 9.10. The number of methoxy groups -OCH3 is 2. The summed E-state index contributed by atoms with van der Waals surface area (Å²) in [5, 5.41) is 0. The molecule has 0 spiro atoms. The van der Waals surface area contributed by atoms with Gasteiger partial charge in [-0.25, -0.2) is 9.79 Å². The molecule has 2 aromatic rings. The Kier molecular flexibility index (Phi) is 5.81. The summed E-state index contributed by atoms with van der Waals surface area (Å²) in [7, 11) is 3.14. The van der Waals surface area contributed by atoms with Crippen LogP contribution in [0.4, 0.5) is 0 Å². The standard InChI is InChI=1S/C20H18BrNO5/c1-4-26-17-10-12(8-15(21)18(17)25-3)9-16-20(23)27-19(22-16)13-6-5-7-14(11-13)24-2/h5-11H,4H2,1-3H3/b16-9+. The molecule has 1 aliphatic heterocycles. The van der Waals surface area contributed by atoms with Crippen LogP contribution in [-0.4, -0.2) is 32.7 Å². The maximum absolute atomic E-state index is 12.2. The van der Waals surface area contributed by atoms with Crippen LogP contribution >= 0.6 is 15.9 Å². The number of cyclic esters (lactones) is 1. The van der Waals surface area contributed by atoms with Crippen molar-refractivity contribution in [3.63, 3.8) is 0 Å². The van der Waals surface area contributed by atoms with Crippen molar-refractivity contribution in [2.24, 2.45) is 4.99 Å². The van der Waals surface area contributed by atoms with Crippen LogP contribution in [0.5, 0.6) is 17.2 Å². The molecule has 2 aromatic carbocycles. The Hall–Kier alpha value is -2.80. The molecular formula is C20H18BrNO5. The first-order chi connectivity index (χ1) is 13.0. The summed E-state index contributed by atoms with van der Waals surface area (Å²) >= 11 is 3.46. The van der Waals surface area contributed by atoms with E-state index in [2.05, 4.69) is 20.9 Å². The van der Waals surface area contributed by atoms with E-state index in [4.69, 9.17) is 18.9 Å². The minimum Gasteiger partial charge on any atom is -0.497 e. The molecule has 0 N–H and O–H groups in total. The summed E-state index contributed by atoms with van der Waals surface area (Å²) in [4.78, 5) is 16.6. The van der Waals surface area contributed by atoms with Crippen LogP contribution in [0.25, 0.3) is 6.08 Å². The minimum absolute atomic E-state index is 0.201. The quantitative estimate of drug-likeness (QED) is 0.506. The van der Waals surface area contributed by atoms with Crippen molar-refractivity contribution in [1.29, 1.82) is 0 Å². The van der Waals surface area contributed by atoms with Crippen molar-refractivity contribution in [2.75, 3.05) is 20.8 Å². The molecule has 0 atom stereocenters. The highest BCUT2D eigenvalue weighted by Crippen LogP contribution is 2.37. The first-order valence-corrected chi connectivity index (χ1v) is 9.02. The molecule has 0 unspecified atom stereocenters. The van der Waals surface area contributed by atoms with Gasteiger partial charge in [0.25, 0.3) is 0 Å². The van der Waals surface area contributed by atoms with Crippen molar-refractivity contribution in [1.82, 2.24) is 0 Å². The molecule has 0 fully saturated rings. The number of hydrogen-bond donors (Lipinski definition) is 0. The van der Waals surface area contributed by atoms with Crippen LogP contribution in [0.1, 0.15) is 18.1 Å². The number of rotatable bonds is 6. The molecule has 0 bridgehead atoms. The van der Waals surface area contributed by atoms with E-state index in [-0.39, 0.29) is 11.6 Å². The number of nitrogens with zero attached hydrogens (tertiary/aromatic N) is 1. The van der Waals surface area contributed by atoms with Gasteiger partial charge in [-0.05, 0) is 64.8 Å². The van der Waals surface area contributed by atoms with E-state index in [1.807, 2.05) is 19.1 Å². The number of hydrogen-bond acceptors (Lipinski definition) is 6. The fraction of sp³-hybridized carbons (Fsp3) is 0.200. The Morgan fingerprint density at radius 1 is 1.19 bits per heavy atom. The van der Waals surface area contributed by atoms with Crippen LogP contribution in [0.2, 0.25) is 0 Å². The monoisotopic (exact) mass is 431 g/mol. The van der Waals surface area contributed by atoms with Crippen LogP contribution in [0, 0.1) is 0 Å². The third kappa shape index (κ3) is 4.14. The van der Waals surface area contributed by atoms with Crippen LogP contribution in [0.3, 0.4) is 0 Å². The van der Waals surface area contributed by atoms with E-state index < -0.39 is 5.97 Å². The largest absolute Gasteiger partial charge is 0.497 e. The Morgan fingerprint density at radius 3 is 2.70 bits per heavy atom. The molecule has 6 nitrogen and oxygen atoms in total. The molecule has 0 radical (unpaired) electrons. The van der Waals surface area contributed by atoms with Crippen molar-refractivity contribution in [2.45, 2.75) is 6.92 Å². The SMILES string of the molecule is CCOc1cc(/C=C2/N=C(c3cccc(OC)c3)OC2=O)cc(Br)c1OC. The minimum atomic E-state index is -0.516. The van der Waals surface area contributed by atoms with Crippen LogP contribution in [0.15, 0.2) is 51.6 Å². The topological polar surface area (TPSA) is 66.3 Å². The van der Waals surface area contributed by atoms with Gasteiger partial charge in [0.15, 0.2) is 17.2 Å². The van der Waals surface area contributed by atoms with Gasteiger partial charge in [-0.1, -0.05) is 6.07 Å². The molecule has 0 amide bonds. The molecular weight excluding hydrogens is 414 g/mol. The average molecular weight is 432 g/mol. The van der Waals surface area contributed by atoms with Gasteiger partial charge in [0.1, 0.15) is 5.75 Å². The number of benzene rings is 2. The van der Waals surface area contributed by atoms with Gasteiger partial charge in [-0.3, -0.25) is 0 Å². The summed E-state index contributed by atoms with van der Waals surface area (Å²) in [5.41, 5.74) is 1.60. The van der Waals surface area contributed by atoms with E-state index in [0.717, 1.165) is 5.56 Å². The fourth-order valence-corrected chi connectivity index (χ4v) is 3.20. The number of ether oxygens (including phenoxy) is 4. The lowest BCUT2D eigenvalue weighted by Crippen LogP contribution is -2.05. The molecule has 0 saturated carbocycles. The highest BCUT2D eigenvalue weighted by Gasteiger charge is 2.24. The Labute approximate surface area is 165 Å². The molecule has 0 aliphatic carbocycles. The van der Waals surface area contributed by atoms with Gasteiger partial charge in [-0.2, -0.15) is 0 Å². The summed E-state index contributed by atoms with van der Waals surface area (Å²) < 4.78 is 22.2. The molecule has 7 heteroatoms. The van der Waals surface area contributed by atoms with Gasteiger partial charge < -0.3 is 18.9 Å². The van der Waals surface area contributed by atoms with Crippen molar-refractivity contribution in [3.05, 3.63) is 57.7 Å². The molecule has 1 aliphatic rings. The van der Waals surface area contributed by atoms with E-state index in [1.165, 1.54) is 0 Å². The smallest absolute Gasteiger partial charge is 0.363 e. The number of aliphatic imine (C=N–C) groups is 1. The van der Waals surface area contributed by atoms with E-state index >= 15 is 0 Å². The lowest BCUT2D eigenvalue weighted by molar-refractivity contribution is -0.129. The molecule has 3 rings (SSSR count). The Balaban J connectivity index is 1.97. The predicted molar refractivity (Wildman–Crippen MR) is 105 cm³/mol. The first kappa shape index (κ1) is 19.0. The summed E-state index contributed by atoms with van der Waals surface area (Å²) in [6.07, 6.45) is 1.64. The van der Waals surface area contributed by atoms with Crippen molar-refractivity contribution < 1.29 is 23.7 Å². The van der Waals surface area contributed by atoms with Gasteiger partial charge in [-0.15, -0.1) is 0 Å². The van der Waals surface area contributed by atoms with Gasteiger partial charge in [0.05, 0.1) is 25.3 Å². The zero-order valence-electron chi connectivity index (χ0n) is 15.1. The summed E-state index contributed by atoms with van der Waals surface area (Å²) in [5.74, 6) is 1.54. The van der Waals surface area contributed by atoms with Crippen LogP contribution < -0.4 is 14.2 Å². The zero-order valence-corrected chi connectivity index (χ0v) is 16.7. The van der Waals surface area contributed by atoms with Gasteiger partial charge in [0.2, 0.25) is 5.90 Å². The molecule has 27 heavy (non-hydrogen) atoms. The lowest BCUT2D eigenvalue weighted by atomic mass is 10.1. The molecule has 1 heterocycles. The average Bonchev–Trinajstić information content (AvgIpc) is 3.02. The zero-order chi connectivity index (χ0) is 19.4. The number of esters is 1. The Bertz CT molecular complexity index is 936. The number of carbonyl (C=O) groups excluding carboxylic acids is 1. The molecule has 0 aromatic heterocycles. The van der Waals surface area contributed by atoms with Crippen molar-refractivity contribution in [3.8, 4) is 17.2 Å². The number of halogens is 1. The van der Waals surface area contributed by atoms with Gasteiger partial charge >= 0.3 is 5.97 Å². The lowest BCUT2D eigenvalue weighted by Gasteiger charge is -2.12. The van der Waals surface area contributed by atoms with E-state index in [1.54, 1.807) is 44.6 Å².